The number of nitrogens with one attached hydrogen (secondary N) is 2. The van der Waals surface area contributed by atoms with Gasteiger partial charge in [-0.3, -0.25) is 4.79 Å². The Hall–Kier alpha value is -2.82. The van der Waals surface area contributed by atoms with Crippen molar-refractivity contribution in [3.05, 3.63) is 59.7 Å². The number of carbonyl (C=O) groups is 2. The Bertz CT molecular complexity index is 809. The number of rotatable bonds is 4. The van der Waals surface area contributed by atoms with Crippen molar-refractivity contribution in [2.45, 2.75) is 51.8 Å². The maximum atomic E-state index is 12.6. The van der Waals surface area contributed by atoms with Gasteiger partial charge in [0.2, 0.25) is 5.91 Å². The SMILES string of the molecule is CC(NC(=O)CC1c2ccccc2-c2ccccc21)NC(=O)OC(C)(C)C. The molecule has 0 spiro atoms. The highest BCUT2D eigenvalue weighted by Crippen LogP contribution is 2.45. The molecule has 5 heteroatoms. The fourth-order valence-corrected chi connectivity index (χ4v) is 3.49. The van der Waals surface area contributed by atoms with Crippen LogP contribution in [0, 0.1) is 0 Å². The van der Waals surface area contributed by atoms with Crippen LogP contribution in [0.1, 0.15) is 51.2 Å². The molecule has 0 aliphatic heterocycles. The normalized spacial score (nSPS) is 14.1. The Morgan fingerprint density at radius 1 is 0.963 bits per heavy atom. The highest BCUT2D eigenvalue weighted by atomic mass is 16.6. The van der Waals surface area contributed by atoms with Crippen molar-refractivity contribution >= 4 is 12.0 Å². The molecule has 0 bridgehead atoms. The summed E-state index contributed by atoms with van der Waals surface area (Å²) >= 11 is 0. The van der Waals surface area contributed by atoms with Crippen molar-refractivity contribution < 1.29 is 14.3 Å². The number of amides is 2. The van der Waals surface area contributed by atoms with Crippen molar-refractivity contribution in [2.24, 2.45) is 0 Å². The Morgan fingerprint density at radius 2 is 1.48 bits per heavy atom. The van der Waals surface area contributed by atoms with E-state index < -0.39 is 17.9 Å². The maximum Gasteiger partial charge on any atom is 0.409 e. The molecule has 0 saturated carbocycles. The molecule has 1 aliphatic carbocycles. The van der Waals surface area contributed by atoms with Crippen molar-refractivity contribution in [1.29, 1.82) is 0 Å². The van der Waals surface area contributed by atoms with Crippen LogP contribution in [0.2, 0.25) is 0 Å². The number of fused-ring (bicyclic) bond motifs is 3. The van der Waals surface area contributed by atoms with Crippen LogP contribution in [0.4, 0.5) is 4.79 Å². The second kappa shape index (κ2) is 7.43. The number of hydrogen-bond donors (Lipinski definition) is 2. The van der Waals surface area contributed by atoms with E-state index in [0.717, 1.165) is 0 Å². The number of benzene rings is 2. The Kier molecular flexibility index (Phi) is 5.22. The van der Waals surface area contributed by atoms with Crippen LogP contribution in [-0.4, -0.2) is 23.8 Å². The summed E-state index contributed by atoms with van der Waals surface area (Å²) in [6.07, 6.45) is -0.736. The third kappa shape index (κ3) is 4.48. The third-order valence-electron chi connectivity index (χ3n) is 4.46. The van der Waals surface area contributed by atoms with E-state index >= 15 is 0 Å². The molecule has 0 saturated heterocycles. The number of ether oxygens (including phenoxy) is 1. The molecule has 27 heavy (non-hydrogen) atoms. The predicted octanol–water partition coefficient (Wildman–Crippen LogP) is 4.18. The quantitative estimate of drug-likeness (QED) is 0.798. The first-order valence-corrected chi connectivity index (χ1v) is 9.22. The molecular weight excluding hydrogens is 340 g/mol. The molecule has 5 nitrogen and oxygen atoms in total. The number of alkyl carbamates (subject to hydrolysis) is 1. The fraction of sp³-hybridized carbons (Fsp3) is 0.364. The van der Waals surface area contributed by atoms with E-state index in [1.54, 1.807) is 27.7 Å². The van der Waals surface area contributed by atoms with Gasteiger partial charge in [0.25, 0.3) is 0 Å². The lowest BCUT2D eigenvalue weighted by atomic mass is 9.93. The van der Waals surface area contributed by atoms with Crippen LogP contribution in [0.3, 0.4) is 0 Å². The Labute approximate surface area is 160 Å². The van der Waals surface area contributed by atoms with Gasteiger partial charge in [-0.25, -0.2) is 4.79 Å². The van der Waals surface area contributed by atoms with E-state index in [1.807, 2.05) is 24.3 Å². The topological polar surface area (TPSA) is 67.4 Å². The average molecular weight is 366 g/mol. The van der Waals surface area contributed by atoms with Gasteiger partial charge in [0.1, 0.15) is 11.8 Å². The van der Waals surface area contributed by atoms with Crippen molar-refractivity contribution in [3.63, 3.8) is 0 Å². The zero-order valence-corrected chi connectivity index (χ0v) is 16.2. The summed E-state index contributed by atoms with van der Waals surface area (Å²) in [7, 11) is 0. The zero-order chi connectivity index (χ0) is 19.6. The molecule has 1 atom stereocenters. The fourth-order valence-electron chi connectivity index (χ4n) is 3.49. The minimum absolute atomic E-state index is 0.0196. The van der Waals surface area contributed by atoms with Crippen LogP contribution in [-0.2, 0) is 9.53 Å². The molecule has 2 amide bonds. The van der Waals surface area contributed by atoms with E-state index in [1.165, 1.54) is 22.3 Å². The molecule has 2 aromatic rings. The van der Waals surface area contributed by atoms with Gasteiger partial charge in [-0.1, -0.05) is 48.5 Å². The smallest absolute Gasteiger partial charge is 0.409 e. The minimum Gasteiger partial charge on any atom is -0.444 e. The molecule has 0 fully saturated rings. The largest absolute Gasteiger partial charge is 0.444 e. The summed E-state index contributed by atoms with van der Waals surface area (Å²) in [4.78, 5) is 24.4. The summed E-state index contributed by atoms with van der Waals surface area (Å²) < 4.78 is 5.21. The van der Waals surface area contributed by atoms with Gasteiger partial charge in [-0.15, -0.1) is 0 Å². The standard InChI is InChI=1S/C22H26N2O3/c1-14(24-21(26)27-22(2,3)4)23-20(25)13-19-17-11-7-5-9-15(17)16-10-6-8-12-18(16)19/h5-12,14,19H,13H2,1-4H3,(H,23,25)(H,24,26). The predicted molar refractivity (Wildman–Crippen MR) is 105 cm³/mol. The van der Waals surface area contributed by atoms with Gasteiger partial charge >= 0.3 is 6.09 Å². The van der Waals surface area contributed by atoms with Gasteiger partial charge in [0.05, 0.1) is 0 Å². The summed E-state index contributed by atoms with van der Waals surface area (Å²) in [5.41, 5.74) is 4.13. The van der Waals surface area contributed by atoms with Crippen molar-refractivity contribution in [3.8, 4) is 11.1 Å². The Balaban J connectivity index is 1.65. The van der Waals surface area contributed by atoms with Gasteiger partial charge in [-0.05, 0) is 49.9 Å². The summed E-state index contributed by atoms with van der Waals surface area (Å²) in [5.74, 6) is -0.0961. The molecule has 1 aliphatic rings. The first-order chi connectivity index (χ1) is 12.7. The second-order valence-corrected chi connectivity index (χ2v) is 7.87. The molecular formula is C22H26N2O3. The molecule has 142 valence electrons. The monoisotopic (exact) mass is 366 g/mol. The Morgan fingerprint density at radius 3 is 2.00 bits per heavy atom. The van der Waals surface area contributed by atoms with Crippen LogP contribution in [0.25, 0.3) is 11.1 Å². The lowest BCUT2D eigenvalue weighted by Gasteiger charge is -2.23. The second-order valence-electron chi connectivity index (χ2n) is 7.87. The van der Waals surface area contributed by atoms with Gasteiger partial charge in [0, 0.05) is 12.3 Å². The molecule has 1 unspecified atom stereocenters. The van der Waals surface area contributed by atoms with Gasteiger partial charge in [0.15, 0.2) is 0 Å². The maximum absolute atomic E-state index is 12.6. The summed E-state index contributed by atoms with van der Waals surface area (Å²) in [6, 6.07) is 16.4. The van der Waals surface area contributed by atoms with E-state index in [4.69, 9.17) is 4.74 Å². The minimum atomic E-state index is -0.578. The van der Waals surface area contributed by atoms with E-state index in [0.29, 0.717) is 6.42 Å². The zero-order valence-electron chi connectivity index (χ0n) is 16.2. The highest BCUT2D eigenvalue weighted by Gasteiger charge is 2.30. The summed E-state index contributed by atoms with van der Waals surface area (Å²) in [6.45, 7) is 7.11. The van der Waals surface area contributed by atoms with Crippen LogP contribution in [0.5, 0.6) is 0 Å². The lowest BCUT2D eigenvalue weighted by molar-refractivity contribution is -0.122. The number of carbonyl (C=O) groups excluding carboxylic acids is 2. The van der Waals surface area contributed by atoms with Crippen LogP contribution >= 0.6 is 0 Å². The molecule has 3 rings (SSSR count). The molecule has 2 N–H and O–H groups in total. The van der Waals surface area contributed by atoms with Crippen molar-refractivity contribution in [1.82, 2.24) is 10.6 Å². The van der Waals surface area contributed by atoms with Crippen LogP contribution in [0.15, 0.2) is 48.5 Å². The van der Waals surface area contributed by atoms with Gasteiger partial charge < -0.3 is 15.4 Å². The molecule has 0 radical (unpaired) electrons. The molecule has 0 heterocycles. The van der Waals surface area contributed by atoms with Crippen molar-refractivity contribution in [2.75, 3.05) is 0 Å². The van der Waals surface area contributed by atoms with Crippen LogP contribution < -0.4 is 10.6 Å². The lowest BCUT2D eigenvalue weighted by Crippen LogP contribution is -2.47. The molecule has 2 aromatic carbocycles. The third-order valence-corrected chi connectivity index (χ3v) is 4.46. The average Bonchev–Trinajstić information content (AvgIpc) is 2.87. The number of hydrogen-bond acceptors (Lipinski definition) is 3. The van der Waals surface area contributed by atoms with E-state index in [9.17, 15) is 9.59 Å². The van der Waals surface area contributed by atoms with Gasteiger partial charge in [-0.2, -0.15) is 0 Å². The molecule has 0 aromatic heterocycles. The summed E-state index contributed by atoms with van der Waals surface area (Å²) in [5, 5.41) is 5.47. The van der Waals surface area contributed by atoms with E-state index in [-0.39, 0.29) is 11.8 Å². The first-order valence-electron chi connectivity index (χ1n) is 9.22. The van der Waals surface area contributed by atoms with E-state index in [2.05, 4.69) is 34.9 Å². The first kappa shape index (κ1) is 19.0. The highest BCUT2D eigenvalue weighted by molar-refractivity contribution is 5.84.